The van der Waals surface area contributed by atoms with Gasteiger partial charge >= 0.3 is 0 Å². The Labute approximate surface area is 133 Å². The van der Waals surface area contributed by atoms with Gasteiger partial charge in [0.15, 0.2) is 5.82 Å². The Kier molecular flexibility index (Phi) is 3.84. The van der Waals surface area contributed by atoms with Crippen molar-refractivity contribution in [1.29, 1.82) is 0 Å². The van der Waals surface area contributed by atoms with Gasteiger partial charge in [0.1, 0.15) is 19.3 Å². The number of nitrogens with one attached hydrogen (secondary N) is 2. The summed E-state index contributed by atoms with van der Waals surface area (Å²) in [5.41, 5.74) is 5.78. The van der Waals surface area contributed by atoms with Crippen molar-refractivity contribution in [1.82, 2.24) is 15.4 Å². The highest BCUT2D eigenvalue weighted by atomic mass is 16.3. The van der Waals surface area contributed by atoms with Crippen molar-refractivity contribution in [2.45, 2.75) is 6.92 Å². The molecule has 23 heavy (non-hydrogen) atoms. The van der Waals surface area contributed by atoms with E-state index < -0.39 is 5.91 Å². The Hall–Kier alpha value is -3.09. The number of carbonyl (C=O) groups is 1. The lowest BCUT2D eigenvalue weighted by Gasteiger charge is -2.04. The molecule has 0 saturated heterocycles. The highest BCUT2D eigenvalue weighted by molar-refractivity contribution is 6.32. The number of benzene rings is 2. The maximum Gasteiger partial charge on any atom is 0.275 e. The number of phenols is 1. The fourth-order valence-electron chi connectivity index (χ4n) is 2.20. The molecule has 114 valence electrons. The van der Waals surface area contributed by atoms with Crippen LogP contribution in [0, 0.1) is 0 Å². The van der Waals surface area contributed by atoms with Crippen molar-refractivity contribution in [3.05, 3.63) is 53.9 Å². The third-order valence-corrected chi connectivity index (χ3v) is 3.45. The van der Waals surface area contributed by atoms with Crippen LogP contribution >= 0.6 is 0 Å². The summed E-state index contributed by atoms with van der Waals surface area (Å²) in [4.78, 5) is 19.7. The van der Waals surface area contributed by atoms with Crippen LogP contribution in [0.3, 0.4) is 0 Å². The molecule has 0 unspecified atom stereocenters. The van der Waals surface area contributed by atoms with Crippen LogP contribution in [-0.2, 0) is 0 Å². The molecule has 0 aliphatic rings. The predicted molar refractivity (Wildman–Crippen MR) is 92.1 cm³/mol. The second kappa shape index (κ2) is 5.96. The Morgan fingerprint density at radius 2 is 2.09 bits per heavy atom. The van der Waals surface area contributed by atoms with Gasteiger partial charge in [0.05, 0.1) is 16.6 Å². The number of hydrazone groups is 1. The number of amides is 1. The summed E-state index contributed by atoms with van der Waals surface area (Å²) in [6, 6.07) is 12.5. The maximum absolute atomic E-state index is 12.1. The minimum Gasteiger partial charge on any atom is -0.507 e. The van der Waals surface area contributed by atoms with Crippen molar-refractivity contribution < 1.29 is 9.90 Å². The fourth-order valence-corrected chi connectivity index (χ4v) is 2.20. The first kappa shape index (κ1) is 14.8. The zero-order chi connectivity index (χ0) is 16.4. The lowest BCUT2D eigenvalue weighted by molar-refractivity contribution is 0.0952. The number of carbonyl (C=O) groups excluding carboxylic acids is 1. The number of fused-ring (bicyclic) bond motifs is 1. The van der Waals surface area contributed by atoms with Gasteiger partial charge in [-0.1, -0.05) is 29.7 Å². The lowest BCUT2D eigenvalue weighted by atomic mass is 9.94. The first-order valence-electron chi connectivity index (χ1n) is 7.14. The smallest absolute Gasteiger partial charge is 0.275 e. The van der Waals surface area contributed by atoms with Gasteiger partial charge in [-0.15, -0.1) is 0 Å². The molecule has 1 heterocycles. The molecule has 3 aromatic rings. The average molecular weight is 306 g/mol. The molecule has 3 rings (SSSR count). The summed E-state index contributed by atoms with van der Waals surface area (Å²) >= 11 is 0. The number of H-pyrrole nitrogens is 1. The van der Waals surface area contributed by atoms with Crippen molar-refractivity contribution in [2.24, 2.45) is 5.10 Å². The summed E-state index contributed by atoms with van der Waals surface area (Å²) in [5, 5.41) is 13.8. The van der Waals surface area contributed by atoms with Gasteiger partial charge in [0.2, 0.25) is 0 Å². The first-order valence-corrected chi connectivity index (χ1v) is 7.14. The van der Waals surface area contributed by atoms with Gasteiger partial charge in [-0.2, -0.15) is 5.10 Å². The Bertz CT molecular complexity index is 884. The van der Waals surface area contributed by atoms with Crippen LogP contribution in [0.5, 0.6) is 5.75 Å². The highest BCUT2D eigenvalue weighted by Crippen LogP contribution is 2.14. The van der Waals surface area contributed by atoms with Gasteiger partial charge in [0.25, 0.3) is 5.91 Å². The van der Waals surface area contributed by atoms with Crippen molar-refractivity contribution in [2.75, 3.05) is 0 Å². The molecule has 0 saturated carbocycles. The van der Waals surface area contributed by atoms with E-state index in [-0.39, 0.29) is 11.3 Å². The van der Waals surface area contributed by atoms with E-state index in [4.69, 9.17) is 0 Å². The van der Waals surface area contributed by atoms with E-state index in [9.17, 15) is 9.90 Å². The SMILES string of the molecule is Bc1ccc(O)c(C(=O)N/N=C(\C)c2nc3ccccc3[nH]2)c1. The zero-order valence-corrected chi connectivity index (χ0v) is 12.8. The summed E-state index contributed by atoms with van der Waals surface area (Å²) in [6.45, 7) is 1.74. The molecule has 2 aromatic carbocycles. The van der Waals surface area contributed by atoms with Crippen LogP contribution in [0.2, 0.25) is 0 Å². The number of rotatable bonds is 3. The number of phenolic OH excluding ortho intramolecular Hbond substituents is 1. The molecule has 0 atom stereocenters. The van der Waals surface area contributed by atoms with Crippen LogP contribution in [0.15, 0.2) is 47.6 Å². The largest absolute Gasteiger partial charge is 0.507 e. The van der Waals surface area contributed by atoms with E-state index in [1.165, 1.54) is 6.07 Å². The van der Waals surface area contributed by atoms with Crippen LogP contribution in [0.25, 0.3) is 11.0 Å². The molecule has 0 bridgehead atoms. The highest BCUT2D eigenvalue weighted by Gasteiger charge is 2.11. The van der Waals surface area contributed by atoms with E-state index in [0.29, 0.717) is 11.5 Å². The third kappa shape index (κ3) is 3.08. The van der Waals surface area contributed by atoms with Crippen molar-refractivity contribution in [3.63, 3.8) is 0 Å². The van der Waals surface area contributed by atoms with E-state index >= 15 is 0 Å². The lowest BCUT2D eigenvalue weighted by Crippen LogP contribution is -2.21. The number of imidazole rings is 1. The zero-order valence-electron chi connectivity index (χ0n) is 12.8. The second-order valence-electron chi connectivity index (χ2n) is 5.26. The second-order valence-corrected chi connectivity index (χ2v) is 5.26. The van der Waals surface area contributed by atoms with Crippen LogP contribution in [-0.4, -0.2) is 34.5 Å². The number of hydrogen-bond acceptors (Lipinski definition) is 4. The molecule has 1 aromatic heterocycles. The Morgan fingerprint density at radius 3 is 2.87 bits per heavy atom. The normalized spacial score (nSPS) is 11.6. The molecule has 0 aliphatic heterocycles. The molecule has 0 radical (unpaired) electrons. The van der Waals surface area contributed by atoms with Gasteiger partial charge < -0.3 is 10.1 Å². The standard InChI is InChI=1S/C16H15BN4O2/c1-9(15-18-12-4-2-3-5-13(12)19-15)20-21-16(23)11-8-10(17)6-7-14(11)22/h2-8,22H,17H2,1H3,(H,18,19)(H,21,23)/b20-9+. The van der Waals surface area contributed by atoms with Crippen LogP contribution < -0.4 is 10.9 Å². The Balaban J connectivity index is 1.81. The van der Waals surface area contributed by atoms with Crippen LogP contribution in [0.1, 0.15) is 23.1 Å². The van der Waals surface area contributed by atoms with Crippen molar-refractivity contribution in [3.8, 4) is 5.75 Å². The van der Waals surface area contributed by atoms with E-state index in [0.717, 1.165) is 16.5 Å². The van der Waals surface area contributed by atoms with Gasteiger partial charge in [-0.25, -0.2) is 10.4 Å². The summed E-state index contributed by atoms with van der Waals surface area (Å²) < 4.78 is 0. The molecule has 7 heteroatoms. The van der Waals surface area contributed by atoms with Gasteiger partial charge in [-0.05, 0) is 25.1 Å². The summed E-state index contributed by atoms with van der Waals surface area (Å²) in [6.07, 6.45) is 0. The average Bonchev–Trinajstić information content (AvgIpc) is 2.98. The van der Waals surface area contributed by atoms with Gasteiger partial charge in [-0.3, -0.25) is 4.79 Å². The molecule has 1 amide bonds. The number of aromatic hydroxyl groups is 1. The van der Waals surface area contributed by atoms with E-state index in [2.05, 4.69) is 20.5 Å². The summed E-state index contributed by atoms with van der Waals surface area (Å²) in [7, 11) is 1.85. The topological polar surface area (TPSA) is 90.4 Å². The summed E-state index contributed by atoms with van der Waals surface area (Å²) in [5.74, 6) is 0.0336. The maximum atomic E-state index is 12.1. The minimum absolute atomic E-state index is 0.0790. The number of nitrogens with zero attached hydrogens (tertiary/aromatic N) is 2. The molecular weight excluding hydrogens is 291 g/mol. The fraction of sp³-hybridized carbons (Fsp3) is 0.0625. The number of aromatic amines is 1. The molecule has 3 N–H and O–H groups in total. The molecule has 0 fully saturated rings. The first-order chi connectivity index (χ1) is 11.0. The van der Waals surface area contributed by atoms with E-state index in [1.54, 1.807) is 19.1 Å². The van der Waals surface area contributed by atoms with Gasteiger partial charge in [0, 0.05) is 0 Å². The minimum atomic E-state index is -0.471. The molecule has 6 nitrogen and oxygen atoms in total. The van der Waals surface area contributed by atoms with E-state index in [1.807, 2.05) is 32.1 Å². The van der Waals surface area contributed by atoms with Crippen molar-refractivity contribution >= 4 is 36.0 Å². The molecule has 0 aliphatic carbocycles. The monoisotopic (exact) mass is 306 g/mol. The third-order valence-electron chi connectivity index (χ3n) is 3.45. The number of hydrogen-bond donors (Lipinski definition) is 3. The molecular formula is C16H15BN4O2. The van der Waals surface area contributed by atoms with Crippen LogP contribution in [0.4, 0.5) is 0 Å². The quantitative estimate of drug-likeness (QED) is 0.377. The molecule has 0 spiro atoms. The number of para-hydroxylation sites is 2. The Morgan fingerprint density at radius 1 is 1.30 bits per heavy atom. The number of aromatic nitrogens is 2. The predicted octanol–water partition coefficient (Wildman–Crippen LogP) is 0.681.